The van der Waals surface area contributed by atoms with Crippen molar-refractivity contribution in [3.63, 3.8) is 0 Å². The molecule has 1 aliphatic heterocycles. The number of hydrogen-bond acceptors (Lipinski definition) is 3. The van der Waals surface area contributed by atoms with Crippen molar-refractivity contribution < 1.29 is 22.6 Å². The van der Waals surface area contributed by atoms with Crippen molar-refractivity contribution in [2.45, 2.75) is 51.3 Å². The second-order valence-corrected chi connectivity index (χ2v) is 6.34. The van der Waals surface area contributed by atoms with Crippen LogP contribution in [0.1, 0.15) is 39.0 Å². The molecule has 0 aromatic rings. The molecule has 1 heterocycles. The lowest BCUT2D eigenvalue weighted by Crippen LogP contribution is -2.43. The van der Waals surface area contributed by atoms with Gasteiger partial charge in [-0.2, -0.15) is 13.2 Å². The monoisotopic (exact) mass is 309 g/mol. The first-order valence-corrected chi connectivity index (χ1v) is 7.94. The quantitative estimate of drug-likeness (QED) is 0.664. The van der Waals surface area contributed by atoms with E-state index in [1.807, 2.05) is 0 Å². The summed E-state index contributed by atoms with van der Waals surface area (Å²) in [6.45, 7) is 3.57. The molecule has 2 aliphatic rings. The Balaban J connectivity index is 1.85. The van der Waals surface area contributed by atoms with Crippen LogP contribution >= 0.6 is 0 Å². The molecular formula is C15H26F3NO2. The summed E-state index contributed by atoms with van der Waals surface area (Å²) in [5, 5.41) is 3.43. The third-order valence-corrected chi connectivity index (χ3v) is 4.46. The maximum absolute atomic E-state index is 12.2. The lowest BCUT2D eigenvalue weighted by Gasteiger charge is -2.35. The van der Waals surface area contributed by atoms with Crippen LogP contribution in [0.2, 0.25) is 0 Å². The van der Waals surface area contributed by atoms with Crippen LogP contribution in [0.15, 0.2) is 0 Å². The summed E-state index contributed by atoms with van der Waals surface area (Å²) < 4.78 is 47.2. The Hall–Kier alpha value is -0.330. The zero-order valence-corrected chi connectivity index (χ0v) is 12.7. The van der Waals surface area contributed by atoms with Gasteiger partial charge in [-0.05, 0) is 44.6 Å². The van der Waals surface area contributed by atoms with Crippen LogP contribution in [-0.2, 0) is 9.47 Å². The van der Waals surface area contributed by atoms with Crippen LogP contribution in [0, 0.1) is 11.3 Å². The minimum Gasteiger partial charge on any atom is -0.377 e. The van der Waals surface area contributed by atoms with Gasteiger partial charge >= 0.3 is 6.18 Å². The third kappa shape index (κ3) is 5.11. The molecule has 0 bridgehead atoms. The van der Waals surface area contributed by atoms with Gasteiger partial charge in [-0.3, -0.25) is 0 Å². The highest BCUT2D eigenvalue weighted by molar-refractivity contribution is 5.00. The number of nitrogens with one attached hydrogen (secondary N) is 1. The summed E-state index contributed by atoms with van der Waals surface area (Å²) in [5.41, 5.74) is -0.0536. The highest BCUT2D eigenvalue weighted by Crippen LogP contribution is 2.49. The van der Waals surface area contributed by atoms with Gasteiger partial charge in [0.25, 0.3) is 0 Å². The molecule has 0 amide bonds. The summed E-state index contributed by atoms with van der Waals surface area (Å²) in [4.78, 5) is 0. The summed E-state index contributed by atoms with van der Waals surface area (Å²) in [6, 6.07) is 0. The fourth-order valence-corrected chi connectivity index (χ4v) is 3.27. The Morgan fingerprint density at radius 3 is 2.71 bits per heavy atom. The molecule has 1 N–H and O–H groups in total. The lowest BCUT2D eigenvalue weighted by atomic mass is 9.76. The summed E-state index contributed by atoms with van der Waals surface area (Å²) in [7, 11) is 0. The van der Waals surface area contributed by atoms with E-state index in [0.29, 0.717) is 18.9 Å². The van der Waals surface area contributed by atoms with E-state index in [1.54, 1.807) is 0 Å². The Bertz CT molecular complexity index is 321. The fourth-order valence-electron chi connectivity index (χ4n) is 3.27. The Morgan fingerprint density at radius 1 is 1.33 bits per heavy atom. The largest absolute Gasteiger partial charge is 0.411 e. The summed E-state index contributed by atoms with van der Waals surface area (Å²) in [5.74, 6) is 0.596. The molecule has 21 heavy (non-hydrogen) atoms. The van der Waals surface area contributed by atoms with Gasteiger partial charge in [-0.1, -0.05) is 6.92 Å². The Morgan fingerprint density at radius 2 is 2.10 bits per heavy atom. The van der Waals surface area contributed by atoms with Crippen molar-refractivity contribution in [3.05, 3.63) is 0 Å². The van der Waals surface area contributed by atoms with Crippen molar-refractivity contribution in [1.29, 1.82) is 0 Å². The molecule has 0 spiro atoms. The molecule has 124 valence electrons. The average Bonchev–Trinajstić information content (AvgIpc) is 3.16. The number of ether oxygens (including phenoxy) is 2. The maximum Gasteiger partial charge on any atom is 0.411 e. The standard InChI is InChI=1S/C15H26F3NO2/c1-2-7-19-10-14(5-8-20-11-15(16,17)18)6-9-21-13(14)12-3-4-12/h12-13,19H,2-11H2,1H3. The van der Waals surface area contributed by atoms with Crippen LogP contribution in [0.5, 0.6) is 0 Å². The number of rotatable bonds is 9. The van der Waals surface area contributed by atoms with Crippen molar-refractivity contribution in [2.75, 3.05) is 32.9 Å². The first-order valence-electron chi connectivity index (χ1n) is 7.94. The van der Waals surface area contributed by atoms with E-state index < -0.39 is 12.8 Å². The van der Waals surface area contributed by atoms with E-state index in [4.69, 9.17) is 9.47 Å². The van der Waals surface area contributed by atoms with E-state index in [9.17, 15) is 13.2 Å². The first kappa shape index (κ1) is 17.0. The average molecular weight is 309 g/mol. The Labute approximate surface area is 124 Å². The highest BCUT2D eigenvalue weighted by atomic mass is 19.4. The number of alkyl halides is 3. The van der Waals surface area contributed by atoms with Gasteiger partial charge < -0.3 is 14.8 Å². The molecule has 6 heteroatoms. The van der Waals surface area contributed by atoms with Crippen LogP contribution in [-0.4, -0.2) is 45.2 Å². The number of hydrogen-bond donors (Lipinski definition) is 1. The molecule has 0 aromatic carbocycles. The minimum atomic E-state index is -4.24. The molecule has 0 aromatic heterocycles. The minimum absolute atomic E-state index is 0.0536. The van der Waals surface area contributed by atoms with Crippen molar-refractivity contribution in [3.8, 4) is 0 Å². The van der Waals surface area contributed by atoms with Gasteiger partial charge in [0.2, 0.25) is 0 Å². The first-order chi connectivity index (χ1) is 9.97. The van der Waals surface area contributed by atoms with Gasteiger partial charge in [0.1, 0.15) is 6.61 Å². The zero-order valence-electron chi connectivity index (χ0n) is 12.7. The molecule has 1 saturated carbocycles. The fraction of sp³-hybridized carbons (Fsp3) is 1.00. The molecule has 2 fully saturated rings. The van der Waals surface area contributed by atoms with Crippen molar-refractivity contribution >= 4 is 0 Å². The van der Waals surface area contributed by atoms with E-state index in [2.05, 4.69) is 12.2 Å². The predicted molar refractivity (Wildman–Crippen MR) is 74.2 cm³/mol. The molecule has 3 nitrogen and oxygen atoms in total. The van der Waals surface area contributed by atoms with Crippen molar-refractivity contribution in [1.82, 2.24) is 5.32 Å². The van der Waals surface area contributed by atoms with Gasteiger partial charge in [-0.15, -0.1) is 0 Å². The topological polar surface area (TPSA) is 30.5 Å². The zero-order chi connectivity index (χ0) is 15.3. The van der Waals surface area contributed by atoms with Gasteiger partial charge in [0, 0.05) is 25.2 Å². The van der Waals surface area contributed by atoms with E-state index in [1.165, 1.54) is 12.8 Å². The highest BCUT2D eigenvalue weighted by Gasteiger charge is 2.50. The molecule has 2 rings (SSSR count). The molecule has 1 saturated heterocycles. The third-order valence-electron chi connectivity index (χ3n) is 4.46. The Kier molecular flexibility index (Phi) is 5.91. The predicted octanol–water partition coefficient (Wildman–Crippen LogP) is 3.14. The van der Waals surface area contributed by atoms with E-state index >= 15 is 0 Å². The van der Waals surface area contributed by atoms with Crippen LogP contribution < -0.4 is 5.32 Å². The van der Waals surface area contributed by atoms with E-state index in [0.717, 1.165) is 25.9 Å². The maximum atomic E-state index is 12.2. The molecule has 1 aliphatic carbocycles. The smallest absolute Gasteiger partial charge is 0.377 e. The van der Waals surface area contributed by atoms with Crippen LogP contribution in [0.4, 0.5) is 13.2 Å². The van der Waals surface area contributed by atoms with E-state index in [-0.39, 0.29) is 18.1 Å². The molecule has 0 radical (unpaired) electrons. The van der Waals surface area contributed by atoms with Crippen molar-refractivity contribution in [2.24, 2.45) is 11.3 Å². The molecular weight excluding hydrogens is 283 g/mol. The van der Waals surface area contributed by atoms with Crippen LogP contribution in [0.3, 0.4) is 0 Å². The summed E-state index contributed by atoms with van der Waals surface area (Å²) >= 11 is 0. The molecule has 2 unspecified atom stereocenters. The second-order valence-electron chi connectivity index (χ2n) is 6.34. The normalized spacial score (nSPS) is 30.0. The lowest BCUT2D eigenvalue weighted by molar-refractivity contribution is -0.176. The van der Waals surface area contributed by atoms with Gasteiger partial charge in [0.05, 0.1) is 6.10 Å². The van der Waals surface area contributed by atoms with Crippen LogP contribution in [0.25, 0.3) is 0 Å². The van der Waals surface area contributed by atoms with Gasteiger partial charge in [-0.25, -0.2) is 0 Å². The SMILES string of the molecule is CCCNCC1(CCOCC(F)(F)F)CCOC1C1CC1. The van der Waals surface area contributed by atoms with Gasteiger partial charge in [0.15, 0.2) is 0 Å². The second kappa shape index (κ2) is 7.29. The number of halogens is 3. The summed E-state index contributed by atoms with van der Waals surface area (Å²) in [6.07, 6.45) is 0.927. The molecule has 2 atom stereocenters.